The summed E-state index contributed by atoms with van der Waals surface area (Å²) in [7, 11) is 1.75. The highest BCUT2D eigenvalue weighted by molar-refractivity contribution is 5.07. The maximum Gasteiger partial charge on any atom is 0.244 e. The zero-order chi connectivity index (χ0) is 12.6. The third-order valence-electron chi connectivity index (χ3n) is 4.45. The van der Waals surface area contributed by atoms with E-state index in [1.54, 1.807) is 7.11 Å². The van der Waals surface area contributed by atoms with Crippen LogP contribution in [0.25, 0.3) is 0 Å². The van der Waals surface area contributed by atoms with E-state index in [0.29, 0.717) is 5.92 Å². The van der Waals surface area contributed by atoms with Gasteiger partial charge in [0.25, 0.3) is 0 Å². The van der Waals surface area contributed by atoms with Crippen LogP contribution in [0.15, 0.2) is 4.52 Å². The highest BCUT2D eigenvalue weighted by Crippen LogP contribution is 2.40. The molecule has 3 rings (SSSR count). The third-order valence-corrected chi connectivity index (χ3v) is 4.45. The zero-order valence-corrected chi connectivity index (χ0v) is 11.1. The van der Waals surface area contributed by atoms with Crippen LogP contribution in [0.2, 0.25) is 0 Å². The standard InChI is InChI=1S/C13H21N3O2/c1-9-5-8-14-10(9)11-15-12(16-18-11)13(17-2)6-3-4-7-13/h9-10,14H,3-8H2,1-2H3. The van der Waals surface area contributed by atoms with E-state index in [-0.39, 0.29) is 11.6 Å². The average Bonchev–Trinajstić information content (AvgIpc) is 3.08. The summed E-state index contributed by atoms with van der Waals surface area (Å²) in [6.45, 7) is 3.25. The molecule has 100 valence electrons. The second-order valence-electron chi connectivity index (χ2n) is 5.56. The summed E-state index contributed by atoms with van der Waals surface area (Å²) in [6, 6.07) is 0.210. The lowest BCUT2D eigenvalue weighted by Gasteiger charge is -2.22. The highest BCUT2D eigenvalue weighted by Gasteiger charge is 2.41. The minimum Gasteiger partial charge on any atom is -0.370 e. The van der Waals surface area contributed by atoms with E-state index in [0.717, 1.165) is 37.5 Å². The van der Waals surface area contributed by atoms with E-state index in [2.05, 4.69) is 22.4 Å². The maximum atomic E-state index is 5.68. The van der Waals surface area contributed by atoms with Crippen molar-refractivity contribution in [2.75, 3.05) is 13.7 Å². The number of ether oxygens (including phenoxy) is 1. The molecule has 18 heavy (non-hydrogen) atoms. The van der Waals surface area contributed by atoms with Gasteiger partial charge in [-0.15, -0.1) is 0 Å². The number of hydrogen-bond donors (Lipinski definition) is 1. The number of aromatic nitrogens is 2. The van der Waals surface area contributed by atoms with Gasteiger partial charge in [-0.1, -0.05) is 12.1 Å². The Hall–Kier alpha value is -0.940. The van der Waals surface area contributed by atoms with Gasteiger partial charge in [-0.25, -0.2) is 0 Å². The smallest absolute Gasteiger partial charge is 0.244 e. The Morgan fingerprint density at radius 3 is 2.78 bits per heavy atom. The Morgan fingerprint density at radius 2 is 2.17 bits per heavy atom. The molecule has 1 N–H and O–H groups in total. The van der Waals surface area contributed by atoms with E-state index >= 15 is 0 Å². The molecule has 0 bridgehead atoms. The van der Waals surface area contributed by atoms with Crippen molar-refractivity contribution in [3.05, 3.63) is 11.7 Å². The topological polar surface area (TPSA) is 60.2 Å². The molecule has 0 spiro atoms. The van der Waals surface area contributed by atoms with E-state index in [1.807, 2.05) is 0 Å². The number of nitrogens with one attached hydrogen (secondary N) is 1. The van der Waals surface area contributed by atoms with Crippen LogP contribution in [0.5, 0.6) is 0 Å². The number of nitrogens with zero attached hydrogens (tertiary/aromatic N) is 2. The van der Waals surface area contributed by atoms with Crippen LogP contribution in [0.3, 0.4) is 0 Å². The van der Waals surface area contributed by atoms with Crippen molar-refractivity contribution in [1.29, 1.82) is 0 Å². The van der Waals surface area contributed by atoms with Gasteiger partial charge in [0.2, 0.25) is 11.7 Å². The van der Waals surface area contributed by atoms with Gasteiger partial charge in [0, 0.05) is 7.11 Å². The highest BCUT2D eigenvalue weighted by atomic mass is 16.5. The van der Waals surface area contributed by atoms with E-state index < -0.39 is 0 Å². The monoisotopic (exact) mass is 251 g/mol. The molecule has 0 radical (unpaired) electrons. The average molecular weight is 251 g/mol. The molecule has 2 heterocycles. The molecule has 2 unspecified atom stereocenters. The van der Waals surface area contributed by atoms with Crippen molar-refractivity contribution >= 4 is 0 Å². The Bertz CT molecular complexity index is 412. The van der Waals surface area contributed by atoms with Crippen molar-refractivity contribution in [2.24, 2.45) is 5.92 Å². The van der Waals surface area contributed by atoms with Crippen LogP contribution in [-0.4, -0.2) is 23.8 Å². The van der Waals surface area contributed by atoms with E-state index in [9.17, 15) is 0 Å². The molecule has 5 heteroatoms. The second kappa shape index (κ2) is 4.63. The van der Waals surface area contributed by atoms with Gasteiger partial charge < -0.3 is 14.6 Å². The molecule has 0 aromatic carbocycles. The first-order valence-electron chi connectivity index (χ1n) is 6.88. The SMILES string of the molecule is COC1(c2noc(C3NCCC3C)n2)CCCC1. The van der Waals surface area contributed by atoms with Gasteiger partial charge in [0.05, 0.1) is 6.04 Å². The van der Waals surface area contributed by atoms with Gasteiger partial charge >= 0.3 is 0 Å². The minimum atomic E-state index is -0.302. The summed E-state index contributed by atoms with van der Waals surface area (Å²) >= 11 is 0. The third kappa shape index (κ3) is 1.86. The van der Waals surface area contributed by atoms with Crippen LogP contribution in [0.1, 0.15) is 56.8 Å². The molecule has 5 nitrogen and oxygen atoms in total. The first kappa shape index (κ1) is 12.1. The fourth-order valence-electron chi connectivity index (χ4n) is 3.18. The van der Waals surface area contributed by atoms with Crippen LogP contribution in [0.4, 0.5) is 0 Å². The largest absolute Gasteiger partial charge is 0.370 e. The van der Waals surface area contributed by atoms with Crippen LogP contribution < -0.4 is 5.32 Å². The summed E-state index contributed by atoms with van der Waals surface area (Å²) in [5.74, 6) is 2.01. The van der Waals surface area contributed by atoms with Crippen molar-refractivity contribution < 1.29 is 9.26 Å². The minimum absolute atomic E-state index is 0.210. The molecular formula is C13H21N3O2. The van der Waals surface area contributed by atoms with Crippen molar-refractivity contribution in [1.82, 2.24) is 15.5 Å². The normalized spacial score (nSPS) is 31.0. The van der Waals surface area contributed by atoms with Gasteiger partial charge in [-0.2, -0.15) is 4.98 Å². The molecule has 2 aliphatic rings. The Balaban J connectivity index is 1.84. The summed E-state index contributed by atoms with van der Waals surface area (Å²) < 4.78 is 11.1. The molecule has 1 aromatic heterocycles. The van der Waals surface area contributed by atoms with Crippen LogP contribution in [0, 0.1) is 5.92 Å². The summed E-state index contributed by atoms with van der Waals surface area (Å²) in [6.07, 6.45) is 5.51. The van der Waals surface area contributed by atoms with Gasteiger partial charge in [0.15, 0.2) is 0 Å². The number of rotatable bonds is 3. The molecule has 1 aromatic rings. The summed E-state index contributed by atoms with van der Waals surface area (Å²) in [5.41, 5.74) is -0.302. The fraction of sp³-hybridized carbons (Fsp3) is 0.846. The predicted octanol–water partition coefficient (Wildman–Crippen LogP) is 2.16. The Labute approximate surface area is 107 Å². The van der Waals surface area contributed by atoms with Gasteiger partial charge in [0.1, 0.15) is 5.60 Å². The number of methoxy groups -OCH3 is 1. The van der Waals surface area contributed by atoms with Gasteiger partial charge in [-0.05, 0) is 44.6 Å². The van der Waals surface area contributed by atoms with Crippen LogP contribution in [-0.2, 0) is 10.3 Å². The first-order valence-corrected chi connectivity index (χ1v) is 6.88. The second-order valence-corrected chi connectivity index (χ2v) is 5.56. The predicted molar refractivity (Wildman–Crippen MR) is 66.0 cm³/mol. The molecule has 2 fully saturated rings. The lowest BCUT2D eigenvalue weighted by molar-refractivity contribution is -0.0178. The molecule has 1 saturated carbocycles. The van der Waals surface area contributed by atoms with Crippen molar-refractivity contribution in [3.8, 4) is 0 Å². The summed E-state index contributed by atoms with van der Waals surface area (Å²) in [5, 5.41) is 7.59. The van der Waals surface area contributed by atoms with Gasteiger partial charge in [-0.3, -0.25) is 0 Å². The van der Waals surface area contributed by atoms with Crippen molar-refractivity contribution in [3.63, 3.8) is 0 Å². The fourth-order valence-corrected chi connectivity index (χ4v) is 3.18. The Morgan fingerprint density at radius 1 is 1.39 bits per heavy atom. The quantitative estimate of drug-likeness (QED) is 0.892. The molecule has 0 amide bonds. The zero-order valence-electron chi connectivity index (χ0n) is 11.1. The molecule has 1 saturated heterocycles. The lowest BCUT2D eigenvalue weighted by atomic mass is 10.0. The maximum absolute atomic E-state index is 5.68. The van der Waals surface area contributed by atoms with E-state index in [4.69, 9.17) is 9.26 Å². The Kier molecular flexibility index (Phi) is 3.11. The molecular weight excluding hydrogens is 230 g/mol. The molecule has 1 aliphatic carbocycles. The summed E-state index contributed by atoms with van der Waals surface area (Å²) in [4.78, 5) is 4.60. The lowest BCUT2D eigenvalue weighted by Crippen LogP contribution is -2.26. The molecule has 2 atom stereocenters. The van der Waals surface area contributed by atoms with Crippen LogP contribution >= 0.6 is 0 Å². The number of hydrogen-bond acceptors (Lipinski definition) is 5. The van der Waals surface area contributed by atoms with E-state index in [1.165, 1.54) is 12.8 Å². The first-order chi connectivity index (χ1) is 8.75. The molecule has 1 aliphatic heterocycles. The van der Waals surface area contributed by atoms with Crippen molar-refractivity contribution in [2.45, 2.75) is 50.7 Å².